The number of rotatable bonds is 6. The van der Waals surface area contributed by atoms with Crippen LogP contribution in [-0.4, -0.2) is 30.4 Å². The molecule has 0 atom stereocenters. The fourth-order valence-corrected chi connectivity index (χ4v) is 4.03. The van der Waals surface area contributed by atoms with Crippen molar-refractivity contribution in [3.05, 3.63) is 41.5 Å². The zero-order valence-electron chi connectivity index (χ0n) is 12.5. The zero-order valence-corrected chi connectivity index (χ0v) is 13.4. The Morgan fingerprint density at radius 3 is 2.35 bits per heavy atom. The van der Waals surface area contributed by atoms with Crippen LogP contribution in [0.2, 0.25) is 0 Å². The lowest BCUT2D eigenvalue weighted by molar-refractivity contribution is 0.280. The largest absolute Gasteiger partial charge is 0.392 e. The van der Waals surface area contributed by atoms with E-state index in [4.69, 9.17) is 0 Å². The molecule has 112 valence electrons. The molecule has 1 aromatic carbocycles. The Bertz CT molecular complexity index is 591. The summed E-state index contributed by atoms with van der Waals surface area (Å²) in [5.41, 5.74) is 2.22. The molecular weight excluding hydrogens is 274 g/mol. The molecule has 1 rings (SSSR count). The molecule has 0 aliphatic rings. The molecule has 0 aliphatic heterocycles. The van der Waals surface area contributed by atoms with Gasteiger partial charge in [0.15, 0.2) is 0 Å². The molecule has 1 N–H and O–H groups in total. The summed E-state index contributed by atoms with van der Waals surface area (Å²) < 4.78 is 26.9. The number of aliphatic hydroxyl groups excluding tert-OH is 1. The molecule has 0 aliphatic carbocycles. The molecule has 0 unspecified atom stereocenters. The quantitative estimate of drug-likeness (QED) is 0.820. The Kier molecular flexibility index (Phi) is 5.50. The number of benzene rings is 1. The van der Waals surface area contributed by atoms with Crippen LogP contribution in [0, 0.1) is 13.8 Å². The first-order valence-corrected chi connectivity index (χ1v) is 8.03. The first kappa shape index (κ1) is 16.9. The Morgan fingerprint density at radius 1 is 1.30 bits per heavy atom. The molecule has 0 saturated heterocycles. The Hall–Kier alpha value is -1.17. The average Bonchev–Trinajstić information content (AvgIpc) is 2.35. The van der Waals surface area contributed by atoms with Crippen LogP contribution in [0.25, 0.3) is 0 Å². The number of hydrogen-bond acceptors (Lipinski definition) is 3. The maximum absolute atomic E-state index is 12.8. The van der Waals surface area contributed by atoms with Crippen LogP contribution in [0.4, 0.5) is 0 Å². The van der Waals surface area contributed by atoms with Crippen molar-refractivity contribution in [1.29, 1.82) is 0 Å². The highest BCUT2D eigenvalue weighted by atomic mass is 32.2. The average molecular weight is 297 g/mol. The predicted molar refractivity (Wildman–Crippen MR) is 81.1 cm³/mol. The molecule has 0 amide bonds. The van der Waals surface area contributed by atoms with E-state index in [-0.39, 0.29) is 24.1 Å². The highest BCUT2D eigenvalue weighted by molar-refractivity contribution is 7.89. The molecule has 0 bridgehead atoms. The minimum absolute atomic E-state index is 0.156. The van der Waals surface area contributed by atoms with Crippen LogP contribution in [0.3, 0.4) is 0 Å². The van der Waals surface area contributed by atoms with E-state index in [9.17, 15) is 13.5 Å². The highest BCUT2D eigenvalue weighted by Gasteiger charge is 2.27. The third kappa shape index (κ3) is 3.29. The van der Waals surface area contributed by atoms with Crippen LogP contribution in [0.15, 0.2) is 29.7 Å². The lowest BCUT2D eigenvalue weighted by atomic mass is 10.1. The third-order valence-electron chi connectivity index (χ3n) is 3.28. The van der Waals surface area contributed by atoms with Gasteiger partial charge in [0.2, 0.25) is 10.0 Å². The lowest BCUT2D eigenvalue weighted by Crippen LogP contribution is -2.37. The second-order valence-electron chi connectivity index (χ2n) is 5.16. The normalized spacial score (nSPS) is 12.2. The molecular formula is C15H23NO3S. The summed E-state index contributed by atoms with van der Waals surface area (Å²) in [5, 5.41) is 9.33. The molecule has 0 heterocycles. The zero-order chi connectivity index (χ0) is 15.5. The van der Waals surface area contributed by atoms with Gasteiger partial charge in [-0.3, -0.25) is 0 Å². The number of nitrogens with zero attached hydrogens (tertiary/aromatic N) is 1. The molecule has 1 aromatic rings. The Labute approximate surface area is 121 Å². The maximum Gasteiger partial charge on any atom is 0.243 e. The van der Waals surface area contributed by atoms with E-state index in [2.05, 4.69) is 6.58 Å². The summed E-state index contributed by atoms with van der Waals surface area (Å²) in [6.45, 7) is 11.0. The summed E-state index contributed by atoms with van der Waals surface area (Å²) in [6.07, 6.45) is 1.58. The van der Waals surface area contributed by atoms with Crippen LogP contribution in [0.1, 0.15) is 30.5 Å². The number of aryl methyl sites for hydroxylation is 2. The molecule has 0 radical (unpaired) electrons. The van der Waals surface area contributed by atoms with E-state index in [1.807, 2.05) is 20.8 Å². The third-order valence-corrected chi connectivity index (χ3v) is 5.46. The SMILES string of the molecule is C=CCN(C(C)C)S(=O)(=O)c1cc(CO)c(C)cc1C. The minimum Gasteiger partial charge on any atom is -0.392 e. The van der Waals surface area contributed by atoms with E-state index >= 15 is 0 Å². The monoisotopic (exact) mass is 297 g/mol. The Balaban J connectivity index is 3.44. The van der Waals surface area contributed by atoms with Crippen molar-refractivity contribution in [2.45, 2.75) is 45.2 Å². The molecule has 0 fully saturated rings. The van der Waals surface area contributed by atoms with Crippen molar-refractivity contribution >= 4 is 10.0 Å². The molecule has 20 heavy (non-hydrogen) atoms. The van der Waals surface area contributed by atoms with Crippen LogP contribution in [-0.2, 0) is 16.6 Å². The predicted octanol–water partition coefficient (Wildman–Crippen LogP) is 2.38. The van der Waals surface area contributed by atoms with Crippen molar-refractivity contribution in [3.8, 4) is 0 Å². The molecule has 4 nitrogen and oxygen atoms in total. The van der Waals surface area contributed by atoms with Crippen LogP contribution < -0.4 is 0 Å². The summed E-state index contributed by atoms with van der Waals surface area (Å²) in [7, 11) is -3.59. The van der Waals surface area contributed by atoms with E-state index < -0.39 is 10.0 Å². The van der Waals surface area contributed by atoms with Crippen molar-refractivity contribution in [2.75, 3.05) is 6.54 Å². The summed E-state index contributed by atoms with van der Waals surface area (Å²) in [4.78, 5) is 0.253. The summed E-state index contributed by atoms with van der Waals surface area (Å²) in [6, 6.07) is 3.21. The second kappa shape index (κ2) is 6.52. The highest BCUT2D eigenvalue weighted by Crippen LogP contribution is 2.25. The second-order valence-corrected chi connectivity index (χ2v) is 7.02. The first-order valence-electron chi connectivity index (χ1n) is 6.59. The van der Waals surface area contributed by atoms with Gasteiger partial charge in [-0.2, -0.15) is 4.31 Å². The van der Waals surface area contributed by atoms with Gasteiger partial charge < -0.3 is 5.11 Å². The van der Waals surface area contributed by atoms with Gasteiger partial charge in [0.05, 0.1) is 11.5 Å². The number of sulfonamides is 1. The van der Waals surface area contributed by atoms with Crippen LogP contribution >= 0.6 is 0 Å². The van der Waals surface area contributed by atoms with Crippen molar-refractivity contribution in [1.82, 2.24) is 4.31 Å². The van der Waals surface area contributed by atoms with Gasteiger partial charge in [0.1, 0.15) is 0 Å². The van der Waals surface area contributed by atoms with Crippen molar-refractivity contribution < 1.29 is 13.5 Å². The maximum atomic E-state index is 12.8. The van der Waals surface area contributed by atoms with Gasteiger partial charge in [0.25, 0.3) is 0 Å². The number of aliphatic hydroxyl groups is 1. The van der Waals surface area contributed by atoms with Crippen molar-refractivity contribution in [3.63, 3.8) is 0 Å². The van der Waals surface area contributed by atoms with E-state index in [1.165, 1.54) is 4.31 Å². The van der Waals surface area contributed by atoms with Crippen molar-refractivity contribution in [2.24, 2.45) is 0 Å². The smallest absolute Gasteiger partial charge is 0.243 e. The van der Waals surface area contributed by atoms with Crippen LogP contribution in [0.5, 0.6) is 0 Å². The van der Waals surface area contributed by atoms with Gasteiger partial charge in [-0.05, 0) is 50.5 Å². The molecule has 0 saturated carbocycles. The van der Waals surface area contributed by atoms with Gasteiger partial charge >= 0.3 is 0 Å². The van der Waals surface area contributed by atoms with Gasteiger partial charge in [0, 0.05) is 12.6 Å². The number of hydrogen-bond donors (Lipinski definition) is 1. The summed E-state index contributed by atoms with van der Waals surface area (Å²) >= 11 is 0. The topological polar surface area (TPSA) is 57.6 Å². The molecule has 5 heteroatoms. The van der Waals surface area contributed by atoms with E-state index in [0.29, 0.717) is 11.1 Å². The fraction of sp³-hybridized carbons (Fsp3) is 0.467. The minimum atomic E-state index is -3.59. The Morgan fingerprint density at radius 2 is 1.90 bits per heavy atom. The van der Waals surface area contributed by atoms with Gasteiger partial charge in [-0.1, -0.05) is 12.1 Å². The standard InChI is InChI=1S/C15H23NO3S/c1-6-7-16(11(2)3)20(18,19)15-9-14(10-17)12(4)8-13(15)5/h6,8-9,11,17H,1,7,10H2,2-5H3. The summed E-state index contributed by atoms with van der Waals surface area (Å²) in [5.74, 6) is 0. The lowest BCUT2D eigenvalue weighted by Gasteiger charge is -2.26. The van der Waals surface area contributed by atoms with Gasteiger partial charge in [-0.15, -0.1) is 6.58 Å². The fourth-order valence-electron chi connectivity index (χ4n) is 2.16. The molecule has 0 aromatic heterocycles. The van der Waals surface area contributed by atoms with Gasteiger partial charge in [-0.25, -0.2) is 8.42 Å². The molecule has 0 spiro atoms. The van der Waals surface area contributed by atoms with E-state index in [0.717, 1.165) is 5.56 Å². The van der Waals surface area contributed by atoms with E-state index in [1.54, 1.807) is 25.1 Å². The first-order chi connectivity index (χ1) is 9.25.